The molecule has 0 bridgehead atoms. The van der Waals surface area contributed by atoms with E-state index in [1.54, 1.807) is 30.3 Å². The number of hydrogen-bond donors (Lipinski definition) is 1. The molecule has 8 heteroatoms. The predicted molar refractivity (Wildman–Crippen MR) is 138 cm³/mol. The van der Waals surface area contributed by atoms with E-state index in [0.29, 0.717) is 22.1 Å². The lowest BCUT2D eigenvalue weighted by Crippen LogP contribution is -2.54. The van der Waals surface area contributed by atoms with Crippen LogP contribution in [0.5, 0.6) is 11.5 Å². The molecule has 7 nitrogen and oxygen atoms in total. The highest BCUT2D eigenvalue weighted by Crippen LogP contribution is 2.30. The van der Waals surface area contributed by atoms with Gasteiger partial charge in [-0.1, -0.05) is 35.9 Å². The van der Waals surface area contributed by atoms with Gasteiger partial charge in [0.2, 0.25) is 0 Å². The molecule has 1 aliphatic rings. The highest BCUT2D eigenvalue weighted by Gasteiger charge is 2.37. The third-order valence-electron chi connectivity index (χ3n) is 6.00. The molecule has 0 aliphatic carbocycles. The molecule has 3 aromatic rings. The van der Waals surface area contributed by atoms with E-state index in [2.05, 4.69) is 5.32 Å². The number of benzene rings is 3. The fourth-order valence-corrected chi connectivity index (χ4v) is 3.88. The Labute approximate surface area is 214 Å². The second kappa shape index (κ2) is 10.3. The lowest BCUT2D eigenvalue weighted by atomic mass is 10.1. The first kappa shape index (κ1) is 25.0. The quantitative estimate of drug-likeness (QED) is 0.353. The molecular weight excluding hydrogens is 480 g/mol. The molecule has 1 heterocycles. The van der Waals surface area contributed by atoms with E-state index in [-0.39, 0.29) is 17.9 Å². The topological polar surface area (TPSA) is 84.9 Å². The minimum atomic E-state index is -0.844. The van der Waals surface area contributed by atoms with Gasteiger partial charge in [-0.05, 0) is 73.4 Å². The Bertz CT molecular complexity index is 1410. The van der Waals surface area contributed by atoms with E-state index < -0.39 is 17.8 Å². The number of amides is 4. The lowest BCUT2D eigenvalue weighted by molar-refractivity contribution is -0.122. The number of rotatable bonds is 6. The lowest BCUT2D eigenvalue weighted by Gasteiger charge is -2.26. The van der Waals surface area contributed by atoms with Crippen molar-refractivity contribution in [2.45, 2.75) is 27.4 Å². The Hall–Kier alpha value is -4.10. The molecule has 0 spiro atoms. The van der Waals surface area contributed by atoms with Gasteiger partial charge in [-0.25, -0.2) is 9.69 Å². The van der Waals surface area contributed by atoms with Gasteiger partial charge in [0, 0.05) is 16.7 Å². The Morgan fingerprint density at radius 1 is 0.917 bits per heavy atom. The summed E-state index contributed by atoms with van der Waals surface area (Å²) in [5, 5.41) is 2.62. The van der Waals surface area contributed by atoms with Crippen molar-refractivity contribution in [2.24, 2.45) is 0 Å². The minimum Gasteiger partial charge on any atom is -0.497 e. The molecule has 1 aliphatic heterocycles. The number of aryl methyl sites for hydroxylation is 3. The number of halogens is 1. The maximum Gasteiger partial charge on any atom is 0.335 e. The van der Waals surface area contributed by atoms with Gasteiger partial charge < -0.3 is 9.47 Å². The van der Waals surface area contributed by atoms with Gasteiger partial charge in [0.25, 0.3) is 11.8 Å². The summed E-state index contributed by atoms with van der Waals surface area (Å²) < 4.78 is 11.4. The molecule has 4 rings (SSSR count). The molecule has 1 N–H and O–H groups in total. The largest absolute Gasteiger partial charge is 0.497 e. The summed E-state index contributed by atoms with van der Waals surface area (Å²) >= 11 is 6.20. The minimum absolute atomic E-state index is 0.215. The summed E-state index contributed by atoms with van der Waals surface area (Å²) in [6.45, 7) is 6.15. The molecule has 1 saturated heterocycles. The number of imide groups is 2. The smallest absolute Gasteiger partial charge is 0.335 e. The zero-order valence-electron chi connectivity index (χ0n) is 20.3. The zero-order valence-corrected chi connectivity index (χ0v) is 21.1. The number of urea groups is 1. The summed E-state index contributed by atoms with van der Waals surface area (Å²) in [5.74, 6) is -0.588. The Balaban J connectivity index is 1.69. The number of hydrogen-bond acceptors (Lipinski definition) is 5. The van der Waals surface area contributed by atoms with E-state index in [1.165, 1.54) is 24.8 Å². The number of carbonyl (C=O) groups is 3. The molecule has 4 amide bonds. The molecule has 0 radical (unpaired) electrons. The molecule has 0 saturated carbocycles. The first-order valence-corrected chi connectivity index (χ1v) is 11.6. The predicted octanol–water partition coefficient (Wildman–Crippen LogP) is 5.52. The van der Waals surface area contributed by atoms with Crippen LogP contribution in [0.25, 0.3) is 6.08 Å². The number of ether oxygens (including phenoxy) is 2. The van der Waals surface area contributed by atoms with E-state index >= 15 is 0 Å². The van der Waals surface area contributed by atoms with Crippen LogP contribution in [-0.4, -0.2) is 25.0 Å². The maximum absolute atomic E-state index is 13.3. The standard InChI is InChI=1S/C28H25ClN2O5/c1-16-5-7-19(11-18(16)3)15-36-25-14-22(35-4)10-8-20(25)12-23-26(32)30-28(34)31(27(23)33)21-9-6-17(2)24(29)13-21/h5-14H,15H2,1-4H3,(H,30,32,34)/b23-12+. The van der Waals surface area contributed by atoms with Gasteiger partial charge in [-0.2, -0.15) is 0 Å². The Kier molecular flexibility index (Phi) is 7.12. The summed E-state index contributed by atoms with van der Waals surface area (Å²) in [4.78, 5) is 39.4. The van der Waals surface area contributed by atoms with Crippen molar-refractivity contribution in [2.75, 3.05) is 12.0 Å². The van der Waals surface area contributed by atoms with Crippen LogP contribution in [0, 0.1) is 20.8 Å². The monoisotopic (exact) mass is 504 g/mol. The van der Waals surface area contributed by atoms with Gasteiger partial charge >= 0.3 is 6.03 Å². The summed E-state index contributed by atoms with van der Waals surface area (Å²) in [5.41, 5.74) is 4.62. The third kappa shape index (κ3) is 5.11. The molecule has 1 fully saturated rings. The second-order valence-electron chi connectivity index (χ2n) is 8.50. The number of nitrogens with zero attached hydrogens (tertiary/aromatic N) is 1. The van der Waals surface area contributed by atoms with Crippen LogP contribution in [0.3, 0.4) is 0 Å². The van der Waals surface area contributed by atoms with Gasteiger partial charge in [0.15, 0.2) is 0 Å². The average Bonchev–Trinajstić information content (AvgIpc) is 2.85. The van der Waals surface area contributed by atoms with Crippen LogP contribution in [-0.2, 0) is 16.2 Å². The van der Waals surface area contributed by atoms with Crippen molar-refractivity contribution in [1.29, 1.82) is 0 Å². The SMILES string of the molecule is COc1ccc(/C=C2\C(=O)NC(=O)N(c3ccc(C)c(Cl)c3)C2=O)c(OCc2ccc(C)c(C)c2)c1. The molecule has 0 atom stereocenters. The summed E-state index contributed by atoms with van der Waals surface area (Å²) in [6.07, 6.45) is 1.40. The van der Waals surface area contributed by atoms with E-state index in [9.17, 15) is 14.4 Å². The Morgan fingerprint density at radius 2 is 1.67 bits per heavy atom. The van der Waals surface area contributed by atoms with Crippen molar-refractivity contribution in [3.05, 3.63) is 93.0 Å². The fourth-order valence-electron chi connectivity index (χ4n) is 3.71. The molecule has 0 aromatic heterocycles. The van der Waals surface area contributed by atoms with E-state index in [0.717, 1.165) is 21.6 Å². The third-order valence-corrected chi connectivity index (χ3v) is 6.41. The van der Waals surface area contributed by atoms with Gasteiger partial charge in [-0.15, -0.1) is 0 Å². The normalized spacial score (nSPS) is 14.8. The number of methoxy groups -OCH3 is 1. The number of anilines is 1. The number of barbiturate groups is 1. The van der Waals surface area contributed by atoms with Gasteiger partial charge in [-0.3, -0.25) is 14.9 Å². The van der Waals surface area contributed by atoms with Crippen LogP contribution >= 0.6 is 11.6 Å². The zero-order chi connectivity index (χ0) is 26.0. The highest BCUT2D eigenvalue weighted by atomic mass is 35.5. The molecule has 3 aromatic carbocycles. The maximum atomic E-state index is 13.3. The summed E-state index contributed by atoms with van der Waals surface area (Å²) in [7, 11) is 1.54. The van der Waals surface area contributed by atoms with Crippen molar-refractivity contribution in [3.63, 3.8) is 0 Å². The Morgan fingerprint density at radius 3 is 2.36 bits per heavy atom. The summed E-state index contributed by atoms with van der Waals surface area (Å²) in [6, 6.07) is 15.1. The first-order chi connectivity index (χ1) is 17.2. The highest BCUT2D eigenvalue weighted by molar-refractivity contribution is 6.39. The van der Waals surface area contributed by atoms with E-state index in [4.69, 9.17) is 21.1 Å². The van der Waals surface area contributed by atoms with Crippen LogP contribution in [0.1, 0.15) is 27.8 Å². The van der Waals surface area contributed by atoms with Crippen molar-refractivity contribution in [1.82, 2.24) is 5.32 Å². The van der Waals surface area contributed by atoms with Crippen molar-refractivity contribution in [3.8, 4) is 11.5 Å². The average molecular weight is 505 g/mol. The van der Waals surface area contributed by atoms with Crippen LogP contribution < -0.4 is 19.7 Å². The van der Waals surface area contributed by atoms with Gasteiger partial charge in [0.1, 0.15) is 23.7 Å². The van der Waals surface area contributed by atoms with Gasteiger partial charge in [0.05, 0.1) is 12.8 Å². The number of carbonyl (C=O) groups excluding carboxylic acids is 3. The van der Waals surface area contributed by atoms with Crippen LogP contribution in [0.15, 0.2) is 60.2 Å². The van der Waals surface area contributed by atoms with Crippen LogP contribution in [0.4, 0.5) is 10.5 Å². The van der Waals surface area contributed by atoms with Crippen LogP contribution in [0.2, 0.25) is 5.02 Å². The van der Waals surface area contributed by atoms with Crippen molar-refractivity contribution >= 4 is 41.2 Å². The second-order valence-corrected chi connectivity index (χ2v) is 8.91. The first-order valence-electron chi connectivity index (χ1n) is 11.2. The fraction of sp³-hybridized carbons (Fsp3) is 0.179. The molecule has 36 heavy (non-hydrogen) atoms. The number of nitrogens with one attached hydrogen (secondary N) is 1. The van der Waals surface area contributed by atoms with Crippen molar-refractivity contribution < 1.29 is 23.9 Å². The van der Waals surface area contributed by atoms with E-state index in [1.807, 2.05) is 39.0 Å². The molecule has 0 unspecified atom stereocenters. The molecule has 184 valence electrons. The molecular formula is C28H25ClN2O5.